The summed E-state index contributed by atoms with van der Waals surface area (Å²) in [6, 6.07) is 3.12. The molecule has 0 radical (unpaired) electrons. The van der Waals surface area contributed by atoms with E-state index >= 15 is 0 Å². The van der Waals surface area contributed by atoms with Gasteiger partial charge in [0.1, 0.15) is 0 Å². The Morgan fingerprint density at radius 1 is 1.47 bits per heavy atom. The maximum Gasteiger partial charge on any atom is 0.220 e. The van der Waals surface area contributed by atoms with Gasteiger partial charge in [0, 0.05) is 28.3 Å². The third-order valence-electron chi connectivity index (χ3n) is 3.52. The molecule has 0 saturated heterocycles. The number of hydrogen-bond acceptors (Lipinski definition) is 3. The summed E-state index contributed by atoms with van der Waals surface area (Å²) in [6.45, 7) is 7.41. The van der Waals surface area contributed by atoms with E-state index in [0.29, 0.717) is 18.5 Å². The van der Waals surface area contributed by atoms with Gasteiger partial charge < -0.3 is 10.6 Å². The average molecular weight is 280 g/mol. The number of carbonyl (C=O) groups excluding carboxylic acids is 1. The molecule has 1 amide bonds. The van der Waals surface area contributed by atoms with Crippen LogP contribution in [0.2, 0.25) is 0 Å². The minimum atomic E-state index is 0.208. The highest BCUT2D eigenvalue weighted by atomic mass is 32.1. The van der Waals surface area contributed by atoms with Crippen molar-refractivity contribution in [3.05, 3.63) is 21.4 Å². The van der Waals surface area contributed by atoms with Gasteiger partial charge in [-0.25, -0.2) is 0 Å². The van der Waals surface area contributed by atoms with Gasteiger partial charge in [-0.05, 0) is 58.2 Å². The molecule has 1 unspecified atom stereocenters. The molecule has 0 aliphatic heterocycles. The van der Waals surface area contributed by atoms with Crippen LogP contribution in [0.4, 0.5) is 0 Å². The molecule has 1 aliphatic carbocycles. The number of nitrogens with one attached hydrogen (secondary N) is 2. The van der Waals surface area contributed by atoms with Crippen LogP contribution >= 0.6 is 11.3 Å². The van der Waals surface area contributed by atoms with E-state index in [4.69, 9.17) is 0 Å². The fourth-order valence-corrected chi connectivity index (χ4v) is 3.31. The lowest BCUT2D eigenvalue weighted by atomic mass is 10.1. The smallest absolute Gasteiger partial charge is 0.220 e. The highest BCUT2D eigenvalue weighted by Gasteiger charge is 2.22. The van der Waals surface area contributed by atoms with Crippen molar-refractivity contribution in [2.45, 2.75) is 58.5 Å². The van der Waals surface area contributed by atoms with Gasteiger partial charge in [-0.3, -0.25) is 4.79 Å². The zero-order valence-electron chi connectivity index (χ0n) is 12.1. The van der Waals surface area contributed by atoms with Crippen LogP contribution in [0.15, 0.2) is 6.07 Å². The maximum absolute atomic E-state index is 11.5. The van der Waals surface area contributed by atoms with E-state index in [0.717, 1.165) is 25.8 Å². The molecule has 2 rings (SSSR count). The lowest BCUT2D eigenvalue weighted by molar-refractivity contribution is -0.121. The quantitative estimate of drug-likeness (QED) is 0.754. The Balaban J connectivity index is 1.64. The number of aryl methyl sites for hydroxylation is 2. The number of hydrogen-bond donors (Lipinski definition) is 2. The number of rotatable bonds is 7. The topological polar surface area (TPSA) is 41.1 Å². The fraction of sp³-hybridized carbons (Fsp3) is 0.667. The molecule has 1 heterocycles. The molecule has 1 aromatic rings. The van der Waals surface area contributed by atoms with Crippen molar-refractivity contribution in [1.29, 1.82) is 0 Å². The van der Waals surface area contributed by atoms with E-state index in [1.54, 1.807) is 0 Å². The Morgan fingerprint density at radius 3 is 2.79 bits per heavy atom. The Morgan fingerprint density at radius 2 is 2.21 bits per heavy atom. The molecule has 1 aliphatic rings. The number of thiophene rings is 1. The van der Waals surface area contributed by atoms with Crippen molar-refractivity contribution in [1.82, 2.24) is 10.6 Å². The molecule has 2 N–H and O–H groups in total. The lowest BCUT2D eigenvalue weighted by Crippen LogP contribution is -2.27. The highest BCUT2D eigenvalue weighted by Crippen LogP contribution is 2.26. The highest BCUT2D eigenvalue weighted by molar-refractivity contribution is 7.12. The molecule has 19 heavy (non-hydrogen) atoms. The SMILES string of the molecule is Cc1cc(C(C)NCCCC(=O)NC2CC2)c(C)s1. The summed E-state index contributed by atoms with van der Waals surface area (Å²) >= 11 is 1.85. The molecule has 1 fully saturated rings. The van der Waals surface area contributed by atoms with Gasteiger partial charge in [-0.1, -0.05) is 0 Å². The van der Waals surface area contributed by atoms with E-state index in [1.165, 1.54) is 15.3 Å². The zero-order valence-corrected chi connectivity index (χ0v) is 12.9. The molecule has 1 atom stereocenters. The molecular weight excluding hydrogens is 256 g/mol. The van der Waals surface area contributed by atoms with Gasteiger partial charge >= 0.3 is 0 Å². The molecule has 1 aromatic heterocycles. The predicted molar refractivity (Wildman–Crippen MR) is 80.6 cm³/mol. The summed E-state index contributed by atoms with van der Waals surface area (Å²) in [7, 11) is 0. The minimum Gasteiger partial charge on any atom is -0.353 e. The van der Waals surface area contributed by atoms with Crippen LogP contribution in [0.3, 0.4) is 0 Å². The van der Waals surface area contributed by atoms with Crippen LogP contribution in [-0.4, -0.2) is 18.5 Å². The van der Waals surface area contributed by atoms with E-state index in [2.05, 4.69) is 37.5 Å². The van der Waals surface area contributed by atoms with Crippen LogP contribution in [0.25, 0.3) is 0 Å². The van der Waals surface area contributed by atoms with Gasteiger partial charge in [0.25, 0.3) is 0 Å². The van der Waals surface area contributed by atoms with Crippen molar-refractivity contribution in [2.75, 3.05) is 6.54 Å². The summed E-state index contributed by atoms with van der Waals surface area (Å²) in [5, 5.41) is 6.53. The third kappa shape index (κ3) is 4.62. The largest absolute Gasteiger partial charge is 0.353 e. The van der Waals surface area contributed by atoms with E-state index < -0.39 is 0 Å². The molecule has 0 aromatic carbocycles. The molecule has 0 bridgehead atoms. The number of amides is 1. The van der Waals surface area contributed by atoms with Crippen LogP contribution in [0, 0.1) is 13.8 Å². The van der Waals surface area contributed by atoms with Crippen LogP contribution in [-0.2, 0) is 4.79 Å². The van der Waals surface area contributed by atoms with Gasteiger partial charge in [-0.2, -0.15) is 0 Å². The molecule has 4 heteroatoms. The second kappa shape index (κ2) is 6.53. The summed E-state index contributed by atoms with van der Waals surface area (Å²) in [5.74, 6) is 0.208. The minimum absolute atomic E-state index is 0.208. The van der Waals surface area contributed by atoms with Crippen molar-refractivity contribution < 1.29 is 4.79 Å². The average Bonchev–Trinajstić information content (AvgIpc) is 3.08. The van der Waals surface area contributed by atoms with Gasteiger partial charge in [0.2, 0.25) is 5.91 Å². The molecular formula is C15H24N2OS. The Bertz CT molecular complexity index is 437. The lowest BCUT2D eigenvalue weighted by Gasteiger charge is -2.13. The summed E-state index contributed by atoms with van der Waals surface area (Å²) in [6.07, 6.45) is 3.87. The first-order chi connectivity index (χ1) is 9.06. The van der Waals surface area contributed by atoms with E-state index in [-0.39, 0.29) is 5.91 Å². The first kappa shape index (κ1) is 14.5. The first-order valence-electron chi connectivity index (χ1n) is 7.16. The Labute approximate surface area is 119 Å². The van der Waals surface area contributed by atoms with Crippen molar-refractivity contribution in [2.24, 2.45) is 0 Å². The summed E-state index contributed by atoms with van der Waals surface area (Å²) < 4.78 is 0. The first-order valence-corrected chi connectivity index (χ1v) is 7.97. The van der Waals surface area contributed by atoms with Crippen LogP contribution in [0.5, 0.6) is 0 Å². The molecule has 0 spiro atoms. The summed E-state index contributed by atoms with van der Waals surface area (Å²) in [4.78, 5) is 14.3. The monoisotopic (exact) mass is 280 g/mol. The molecule has 3 nitrogen and oxygen atoms in total. The van der Waals surface area contributed by atoms with Crippen molar-refractivity contribution in [3.8, 4) is 0 Å². The fourth-order valence-electron chi connectivity index (χ4n) is 2.29. The molecule has 1 saturated carbocycles. The van der Waals surface area contributed by atoms with Crippen molar-refractivity contribution >= 4 is 17.2 Å². The standard InChI is InChI=1S/C15H24N2OS/c1-10-9-14(12(3)19-10)11(2)16-8-4-5-15(18)17-13-6-7-13/h9,11,13,16H,4-8H2,1-3H3,(H,17,18). The Kier molecular flexibility index (Phi) is 4.99. The van der Waals surface area contributed by atoms with Crippen LogP contribution < -0.4 is 10.6 Å². The van der Waals surface area contributed by atoms with Gasteiger partial charge in [0.05, 0.1) is 0 Å². The Hall–Kier alpha value is -0.870. The second-order valence-electron chi connectivity index (χ2n) is 5.49. The van der Waals surface area contributed by atoms with Gasteiger partial charge in [0.15, 0.2) is 0 Å². The van der Waals surface area contributed by atoms with E-state index in [9.17, 15) is 4.79 Å². The maximum atomic E-state index is 11.5. The van der Waals surface area contributed by atoms with E-state index in [1.807, 2.05) is 11.3 Å². The van der Waals surface area contributed by atoms with Crippen LogP contribution in [0.1, 0.15) is 54.0 Å². The predicted octanol–water partition coefficient (Wildman–Crippen LogP) is 3.07. The normalized spacial score (nSPS) is 16.4. The molecule has 106 valence electrons. The summed E-state index contributed by atoms with van der Waals surface area (Å²) in [5.41, 5.74) is 1.39. The third-order valence-corrected chi connectivity index (χ3v) is 4.50. The van der Waals surface area contributed by atoms with Crippen molar-refractivity contribution in [3.63, 3.8) is 0 Å². The second-order valence-corrected chi connectivity index (χ2v) is 6.95. The van der Waals surface area contributed by atoms with Gasteiger partial charge in [-0.15, -0.1) is 11.3 Å². The number of carbonyl (C=O) groups is 1. The zero-order chi connectivity index (χ0) is 13.8.